The Balaban J connectivity index is 2.26. The molecule has 6 heteroatoms. The van der Waals surface area contributed by atoms with Gasteiger partial charge in [0.05, 0.1) is 17.8 Å². The number of aromatic amines is 1. The maximum Gasteiger partial charge on any atom is 0.315 e. The van der Waals surface area contributed by atoms with Crippen LogP contribution in [0.3, 0.4) is 0 Å². The summed E-state index contributed by atoms with van der Waals surface area (Å²) in [5, 5.41) is 21.7. The standard InChI is InChI=1S/C11H20N4O2/c1-8(2)11(3,17)7-13-10(16)12-6-9-4-5-14-15-9/h4-5,8,17H,6-7H2,1-3H3,(H,14,15)(H2,12,13,16). The van der Waals surface area contributed by atoms with Gasteiger partial charge in [0.15, 0.2) is 0 Å². The van der Waals surface area contributed by atoms with Crippen molar-refractivity contribution in [2.24, 2.45) is 5.92 Å². The summed E-state index contributed by atoms with van der Waals surface area (Å²) >= 11 is 0. The van der Waals surface area contributed by atoms with Crippen LogP contribution in [0.15, 0.2) is 12.3 Å². The lowest BCUT2D eigenvalue weighted by Crippen LogP contribution is -2.47. The van der Waals surface area contributed by atoms with Gasteiger partial charge >= 0.3 is 6.03 Å². The van der Waals surface area contributed by atoms with E-state index in [1.165, 1.54) is 0 Å². The van der Waals surface area contributed by atoms with E-state index in [-0.39, 0.29) is 18.5 Å². The van der Waals surface area contributed by atoms with Crippen molar-refractivity contribution in [3.63, 3.8) is 0 Å². The van der Waals surface area contributed by atoms with Crippen LogP contribution in [-0.4, -0.2) is 33.5 Å². The molecule has 1 unspecified atom stereocenters. The van der Waals surface area contributed by atoms with Crippen LogP contribution in [0.5, 0.6) is 0 Å². The number of hydrogen-bond donors (Lipinski definition) is 4. The van der Waals surface area contributed by atoms with Crippen molar-refractivity contribution in [3.8, 4) is 0 Å². The van der Waals surface area contributed by atoms with E-state index in [0.29, 0.717) is 6.54 Å². The molecule has 0 fully saturated rings. The minimum Gasteiger partial charge on any atom is -0.388 e. The number of urea groups is 1. The Hall–Kier alpha value is -1.56. The summed E-state index contributed by atoms with van der Waals surface area (Å²) in [6.45, 7) is 6.12. The Morgan fingerprint density at radius 1 is 1.59 bits per heavy atom. The summed E-state index contributed by atoms with van der Waals surface area (Å²) in [5.74, 6) is 0.0791. The minimum atomic E-state index is -0.897. The number of aromatic nitrogens is 2. The Labute approximate surface area is 101 Å². The lowest BCUT2D eigenvalue weighted by Gasteiger charge is -2.27. The first-order chi connectivity index (χ1) is 7.92. The van der Waals surface area contributed by atoms with Gasteiger partial charge in [-0.3, -0.25) is 5.10 Å². The number of nitrogens with one attached hydrogen (secondary N) is 3. The fourth-order valence-electron chi connectivity index (χ4n) is 1.08. The molecule has 17 heavy (non-hydrogen) atoms. The van der Waals surface area contributed by atoms with Crippen LogP contribution >= 0.6 is 0 Å². The fourth-order valence-corrected chi connectivity index (χ4v) is 1.08. The van der Waals surface area contributed by atoms with Gasteiger partial charge in [0.1, 0.15) is 0 Å². The molecule has 0 aromatic carbocycles. The number of rotatable bonds is 5. The second kappa shape index (κ2) is 5.67. The first-order valence-electron chi connectivity index (χ1n) is 5.64. The van der Waals surface area contributed by atoms with Gasteiger partial charge < -0.3 is 15.7 Å². The Morgan fingerprint density at radius 3 is 2.82 bits per heavy atom. The molecule has 1 aromatic heterocycles. The summed E-state index contributed by atoms with van der Waals surface area (Å²) < 4.78 is 0. The van der Waals surface area contributed by atoms with Crippen LogP contribution in [0.4, 0.5) is 4.79 Å². The van der Waals surface area contributed by atoms with Crippen LogP contribution in [0.25, 0.3) is 0 Å². The normalized spacial score (nSPS) is 14.4. The number of hydrogen-bond acceptors (Lipinski definition) is 3. The molecule has 2 amide bonds. The van der Waals surface area contributed by atoms with Crippen molar-refractivity contribution < 1.29 is 9.90 Å². The van der Waals surface area contributed by atoms with Gasteiger partial charge in [0.25, 0.3) is 0 Å². The Bertz CT molecular complexity index is 346. The van der Waals surface area contributed by atoms with Gasteiger partial charge in [-0.15, -0.1) is 0 Å². The summed E-state index contributed by atoms with van der Waals surface area (Å²) in [5.41, 5.74) is -0.0681. The smallest absolute Gasteiger partial charge is 0.315 e. The molecule has 1 rings (SSSR count). The van der Waals surface area contributed by atoms with Gasteiger partial charge in [-0.05, 0) is 18.9 Å². The molecule has 1 aromatic rings. The number of H-pyrrole nitrogens is 1. The van der Waals surface area contributed by atoms with Gasteiger partial charge in [-0.2, -0.15) is 5.10 Å². The monoisotopic (exact) mass is 240 g/mol. The van der Waals surface area contributed by atoms with Crippen molar-refractivity contribution in [3.05, 3.63) is 18.0 Å². The first-order valence-corrected chi connectivity index (χ1v) is 5.64. The summed E-state index contributed by atoms with van der Waals surface area (Å²) in [6, 6.07) is 1.48. The average molecular weight is 240 g/mol. The SMILES string of the molecule is CC(C)C(C)(O)CNC(=O)NCc1ccn[nH]1. The quantitative estimate of drug-likeness (QED) is 0.608. The highest BCUT2D eigenvalue weighted by atomic mass is 16.3. The van der Waals surface area contributed by atoms with E-state index in [2.05, 4.69) is 20.8 Å². The third kappa shape index (κ3) is 4.44. The van der Waals surface area contributed by atoms with Crippen LogP contribution in [0, 0.1) is 5.92 Å². The van der Waals surface area contributed by atoms with Gasteiger partial charge in [-0.25, -0.2) is 4.79 Å². The van der Waals surface area contributed by atoms with E-state index in [4.69, 9.17) is 0 Å². The molecule has 4 N–H and O–H groups in total. The second-order valence-electron chi connectivity index (χ2n) is 4.63. The lowest BCUT2D eigenvalue weighted by molar-refractivity contribution is 0.0166. The highest BCUT2D eigenvalue weighted by Gasteiger charge is 2.25. The topological polar surface area (TPSA) is 90.0 Å². The van der Waals surface area contributed by atoms with Crippen LogP contribution < -0.4 is 10.6 Å². The maximum absolute atomic E-state index is 11.4. The van der Waals surface area contributed by atoms with Gasteiger partial charge in [0.2, 0.25) is 0 Å². The zero-order chi connectivity index (χ0) is 12.9. The van der Waals surface area contributed by atoms with Crippen molar-refractivity contribution >= 4 is 6.03 Å². The molecule has 0 saturated carbocycles. The first kappa shape index (κ1) is 13.5. The number of carbonyl (C=O) groups excluding carboxylic acids is 1. The molecule has 0 aliphatic carbocycles. The molecule has 0 aliphatic heterocycles. The van der Waals surface area contributed by atoms with E-state index < -0.39 is 5.60 Å². The predicted molar refractivity (Wildman–Crippen MR) is 64.3 cm³/mol. The summed E-state index contributed by atoms with van der Waals surface area (Å²) in [4.78, 5) is 11.4. The summed E-state index contributed by atoms with van der Waals surface area (Å²) in [7, 11) is 0. The van der Waals surface area contributed by atoms with Crippen LogP contribution in [-0.2, 0) is 6.54 Å². The van der Waals surface area contributed by atoms with Crippen molar-refractivity contribution in [2.45, 2.75) is 32.9 Å². The molecule has 1 heterocycles. The summed E-state index contributed by atoms with van der Waals surface area (Å²) in [6.07, 6.45) is 1.62. The molecular formula is C11H20N4O2. The Kier molecular flexibility index (Phi) is 4.51. The van der Waals surface area contributed by atoms with Gasteiger partial charge in [-0.1, -0.05) is 13.8 Å². The number of amides is 2. The van der Waals surface area contributed by atoms with Crippen molar-refractivity contribution in [1.82, 2.24) is 20.8 Å². The average Bonchev–Trinajstić information content (AvgIpc) is 2.76. The molecule has 0 aliphatic rings. The molecule has 0 saturated heterocycles. The molecule has 1 atom stereocenters. The Morgan fingerprint density at radius 2 is 2.29 bits per heavy atom. The highest BCUT2D eigenvalue weighted by Crippen LogP contribution is 2.14. The predicted octanol–water partition coefficient (Wildman–Crippen LogP) is 0.616. The number of aliphatic hydroxyl groups is 1. The zero-order valence-electron chi connectivity index (χ0n) is 10.4. The third-order valence-electron chi connectivity index (χ3n) is 2.85. The minimum absolute atomic E-state index is 0.0791. The van der Waals surface area contributed by atoms with E-state index in [1.807, 2.05) is 13.8 Å². The number of nitrogens with zero attached hydrogens (tertiary/aromatic N) is 1. The molecule has 0 radical (unpaired) electrons. The van der Waals surface area contributed by atoms with E-state index >= 15 is 0 Å². The molecule has 0 spiro atoms. The van der Waals surface area contributed by atoms with E-state index in [0.717, 1.165) is 5.69 Å². The lowest BCUT2D eigenvalue weighted by atomic mass is 9.93. The fraction of sp³-hybridized carbons (Fsp3) is 0.636. The van der Waals surface area contributed by atoms with Crippen LogP contribution in [0.2, 0.25) is 0 Å². The van der Waals surface area contributed by atoms with Crippen molar-refractivity contribution in [2.75, 3.05) is 6.54 Å². The van der Waals surface area contributed by atoms with Gasteiger partial charge in [0, 0.05) is 12.7 Å². The highest BCUT2D eigenvalue weighted by molar-refractivity contribution is 5.73. The number of carbonyl (C=O) groups is 1. The largest absolute Gasteiger partial charge is 0.388 e. The van der Waals surface area contributed by atoms with E-state index in [1.54, 1.807) is 19.2 Å². The van der Waals surface area contributed by atoms with Crippen LogP contribution in [0.1, 0.15) is 26.5 Å². The van der Waals surface area contributed by atoms with Crippen molar-refractivity contribution in [1.29, 1.82) is 0 Å². The maximum atomic E-state index is 11.4. The molecule has 96 valence electrons. The third-order valence-corrected chi connectivity index (χ3v) is 2.85. The van der Waals surface area contributed by atoms with E-state index in [9.17, 15) is 9.90 Å². The molecule has 0 bridgehead atoms. The zero-order valence-corrected chi connectivity index (χ0v) is 10.4. The second-order valence-corrected chi connectivity index (χ2v) is 4.63. The molecular weight excluding hydrogens is 220 g/mol. The molecule has 6 nitrogen and oxygen atoms in total.